The Hall–Kier alpha value is -1.77. The van der Waals surface area contributed by atoms with Gasteiger partial charge in [0, 0.05) is 6.42 Å². The first-order chi connectivity index (χ1) is 9.51. The first-order valence-corrected chi connectivity index (χ1v) is 7.11. The zero-order chi connectivity index (χ0) is 14.9. The highest BCUT2D eigenvalue weighted by Gasteiger charge is 2.44. The van der Waals surface area contributed by atoms with Crippen LogP contribution >= 0.6 is 22.6 Å². The van der Waals surface area contributed by atoms with Gasteiger partial charge in [-0.1, -0.05) is 35.2 Å². The topological polar surface area (TPSA) is 83.6 Å². The highest BCUT2D eigenvalue weighted by Crippen LogP contribution is 2.27. The molecular formula is C13H11IN2O4. The first kappa shape index (κ1) is 14.6. The Morgan fingerprint density at radius 3 is 2.40 bits per heavy atom. The second-order valence-corrected chi connectivity index (χ2v) is 4.99. The molecule has 0 aromatic carbocycles. The fourth-order valence-electron chi connectivity index (χ4n) is 2.22. The van der Waals surface area contributed by atoms with E-state index >= 15 is 0 Å². The van der Waals surface area contributed by atoms with Crippen molar-refractivity contribution in [1.82, 2.24) is 10.2 Å². The van der Waals surface area contributed by atoms with E-state index in [1.54, 1.807) is 4.08 Å². The summed E-state index contributed by atoms with van der Waals surface area (Å²) in [5.74, 6) is -2.10. The summed E-state index contributed by atoms with van der Waals surface area (Å²) in [5, 5.41) is 2.14. The molecule has 2 heterocycles. The monoisotopic (exact) mass is 386 g/mol. The van der Waals surface area contributed by atoms with Crippen molar-refractivity contribution in [2.45, 2.75) is 18.9 Å². The molecule has 0 radical (unpaired) electrons. The summed E-state index contributed by atoms with van der Waals surface area (Å²) in [7, 11) is 0. The third kappa shape index (κ3) is 2.33. The Kier molecular flexibility index (Phi) is 4.17. The van der Waals surface area contributed by atoms with Crippen LogP contribution in [-0.4, -0.2) is 34.6 Å². The number of halogens is 1. The fraction of sp³-hybridized carbons (Fsp3) is 0.231. The lowest BCUT2D eigenvalue weighted by molar-refractivity contribution is -0.149. The molecule has 0 aliphatic carbocycles. The lowest BCUT2D eigenvalue weighted by atomic mass is 10.0. The SMILES string of the molecule is C=CC1=C(/C=C\I)C(=O)N(C2CCC(=O)NC2=O)C1=O. The molecule has 4 amide bonds. The van der Waals surface area contributed by atoms with Gasteiger partial charge in [0.05, 0.1) is 11.1 Å². The standard InChI is InChI=1S/C13H11IN2O4/c1-2-7-8(5-6-14)13(20)16(12(7)19)9-3-4-10(17)15-11(9)18/h2,5-6,9H,1,3-4H2,(H,15,17,18)/b6-5-. The van der Waals surface area contributed by atoms with Gasteiger partial charge in [-0.15, -0.1) is 0 Å². The minimum absolute atomic E-state index is 0.106. The second kappa shape index (κ2) is 5.70. The van der Waals surface area contributed by atoms with Crippen molar-refractivity contribution >= 4 is 46.2 Å². The summed E-state index contributed by atoms with van der Waals surface area (Å²) >= 11 is 1.93. The lowest BCUT2D eigenvalue weighted by Gasteiger charge is -2.28. The van der Waals surface area contributed by atoms with Gasteiger partial charge in [-0.3, -0.25) is 29.4 Å². The third-order valence-electron chi connectivity index (χ3n) is 3.14. The van der Waals surface area contributed by atoms with Gasteiger partial charge in [-0.25, -0.2) is 0 Å². The van der Waals surface area contributed by atoms with Crippen molar-refractivity contribution in [3.8, 4) is 0 Å². The van der Waals surface area contributed by atoms with E-state index in [2.05, 4.69) is 11.9 Å². The second-order valence-electron chi connectivity index (χ2n) is 4.27. The first-order valence-electron chi connectivity index (χ1n) is 5.86. The van der Waals surface area contributed by atoms with E-state index in [1.165, 1.54) is 12.2 Å². The summed E-state index contributed by atoms with van der Waals surface area (Å²) in [6.45, 7) is 3.52. The number of nitrogens with zero attached hydrogens (tertiary/aromatic N) is 1. The molecule has 6 nitrogen and oxygen atoms in total. The quantitative estimate of drug-likeness (QED) is 0.569. The molecule has 104 valence electrons. The van der Waals surface area contributed by atoms with Gasteiger partial charge in [-0.05, 0) is 16.6 Å². The molecule has 20 heavy (non-hydrogen) atoms. The maximum absolute atomic E-state index is 12.3. The molecular weight excluding hydrogens is 375 g/mol. The van der Waals surface area contributed by atoms with E-state index in [-0.39, 0.29) is 24.0 Å². The number of rotatable bonds is 3. The van der Waals surface area contributed by atoms with Crippen LogP contribution in [0.1, 0.15) is 12.8 Å². The average molecular weight is 386 g/mol. The number of piperidine rings is 1. The van der Waals surface area contributed by atoms with Gasteiger partial charge in [0.15, 0.2) is 0 Å². The molecule has 1 fully saturated rings. The van der Waals surface area contributed by atoms with Crippen LogP contribution in [0.5, 0.6) is 0 Å². The largest absolute Gasteiger partial charge is 0.295 e. The molecule has 2 rings (SSSR count). The highest BCUT2D eigenvalue weighted by atomic mass is 127. The number of amides is 4. The predicted octanol–water partition coefficient (Wildman–Crippen LogP) is 0.592. The summed E-state index contributed by atoms with van der Waals surface area (Å²) in [4.78, 5) is 48.3. The minimum atomic E-state index is -0.942. The molecule has 0 aromatic heterocycles. The number of carbonyl (C=O) groups excluding carboxylic acids is 4. The Balaban J connectivity index is 2.35. The molecule has 2 aliphatic heterocycles. The number of imide groups is 2. The number of hydrogen-bond acceptors (Lipinski definition) is 4. The van der Waals surface area contributed by atoms with Crippen molar-refractivity contribution in [1.29, 1.82) is 0 Å². The van der Waals surface area contributed by atoms with Gasteiger partial charge in [-0.2, -0.15) is 0 Å². The zero-order valence-corrected chi connectivity index (χ0v) is 12.5. The molecule has 1 atom stereocenters. The van der Waals surface area contributed by atoms with Gasteiger partial charge < -0.3 is 0 Å². The average Bonchev–Trinajstić information content (AvgIpc) is 2.63. The molecule has 0 saturated carbocycles. The van der Waals surface area contributed by atoms with Crippen LogP contribution in [0.15, 0.2) is 34.0 Å². The predicted molar refractivity (Wildman–Crippen MR) is 78.4 cm³/mol. The normalized spacial score (nSPS) is 23.9. The summed E-state index contributed by atoms with van der Waals surface area (Å²) in [6.07, 6.45) is 3.06. The molecule has 1 N–H and O–H groups in total. The van der Waals surface area contributed by atoms with E-state index in [4.69, 9.17) is 0 Å². The number of carbonyl (C=O) groups is 4. The Bertz CT molecular complexity index is 591. The van der Waals surface area contributed by atoms with E-state index < -0.39 is 29.7 Å². The molecule has 0 bridgehead atoms. The molecule has 1 unspecified atom stereocenters. The molecule has 2 aliphatic rings. The van der Waals surface area contributed by atoms with Gasteiger partial charge in [0.25, 0.3) is 11.8 Å². The Morgan fingerprint density at radius 1 is 1.20 bits per heavy atom. The summed E-state index contributed by atoms with van der Waals surface area (Å²) in [6, 6.07) is -0.942. The van der Waals surface area contributed by atoms with Crippen molar-refractivity contribution in [3.63, 3.8) is 0 Å². The van der Waals surface area contributed by atoms with Gasteiger partial charge in [0.1, 0.15) is 6.04 Å². The highest BCUT2D eigenvalue weighted by molar-refractivity contribution is 14.1. The lowest BCUT2D eigenvalue weighted by Crippen LogP contribution is -2.54. The molecule has 0 aromatic rings. The van der Waals surface area contributed by atoms with E-state index in [0.29, 0.717) is 0 Å². The van der Waals surface area contributed by atoms with Crippen molar-refractivity contribution in [3.05, 3.63) is 34.0 Å². The molecule has 7 heteroatoms. The van der Waals surface area contributed by atoms with Crippen LogP contribution in [-0.2, 0) is 19.2 Å². The van der Waals surface area contributed by atoms with E-state index in [1.807, 2.05) is 22.6 Å². The maximum atomic E-state index is 12.3. The number of hydrogen-bond donors (Lipinski definition) is 1. The zero-order valence-electron chi connectivity index (χ0n) is 10.4. The van der Waals surface area contributed by atoms with Crippen LogP contribution in [0.2, 0.25) is 0 Å². The van der Waals surface area contributed by atoms with E-state index in [0.717, 1.165) is 4.90 Å². The Morgan fingerprint density at radius 2 is 1.85 bits per heavy atom. The van der Waals surface area contributed by atoms with Crippen LogP contribution in [0.4, 0.5) is 0 Å². The van der Waals surface area contributed by atoms with Crippen molar-refractivity contribution < 1.29 is 19.2 Å². The summed E-state index contributed by atoms with van der Waals surface area (Å²) in [5.41, 5.74) is 0.386. The number of nitrogens with one attached hydrogen (secondary N) is 1. The summed E-state index contributed by atoms with van der Waals surface area (Å²) < 4.78 is 1.61. The smallest absolute Gasteiger partial charge is 0.262 e. The van der Waals surface area contributed by atoms with Crippen LogP contribution in [0.3, 0.4) is 0 Å². The third-order valence-corrected chi connectivity index (χ3v) is 3.50. The van der Waals surface area contributed by atoms with Crippen LogP contribution in [0, 0.1) is 0 Å². The maximum Gasteiger partial charge on any atom is 0.262 e. The molecule has 0 spiro atoms. The van der Waals surface area contributed by atoms with Gasteiger partial charge >= 0.3 is 0 Å². The molecule has 1 saturated heterocycles. The van der Waals surface area contributed by atoms with E-state index in [9.17, 15) is 19.2 Å². The van der Waals surface area contributed by atoms with Crippen molar-refractivity contribution in [2.24, 2.45) is 0 Å². The van der Waals surface area contributed by atoms with Gasteiger partial charge in [0.2, 0.25) is 11.8 Å². The van der Waals surface area contributed by atoms with Crippen LogP contribution < -0.4 is 5.32 Å². The Labute approximate surface area is 128 Å². The minimum Gasteiger partial charge on any atom is -0.295 e. The fourth-order valence-corrected chi connectivity index (χ4v) is 2.57. The van der Waals surface area contributed by atoms with Crippen molar-refractivity contribution in [2.75, 3.05) is 0 Å². The van der Waals surface area contributed by atoms with Crippen LogP contribution in [0.25, 0.3) is 0 Å².